The molecule has 2 N–H and O–H groups in total. The van der Waals surface area contributed by atoms with Crippen LogP contribution in [0.25, 0.3) is 0 Å². The van der Waals surface area contributed by atoms with Crippen molar-refractivity contribution in [3.8, 4) is 0 Å². The number of benzene rings is 1. The van der Waals surface area contributed by atoms with Crippen LogP contribution in [-0.4, -0.2) is 37.2 Å². The normalized spacial score (nSPS) is 10.9. The first-order chi connectivity index (χ1) is 8.54. The Balaban J connectivity index is 2.65. The Morgan fingerprint density at radius 1 is 1.50 bits per heavy atom. The summed E-state index contributed by atoms with van der Waals surface area (Å²) in [6.45, 7) is 2.09. The van der Waals surface area contributed by atoms with Crippen molar-refractivity contribution in [1.29, 1.82) is 0 Å². The minimum Gasteiger partial charge on any atom is -0.389 e. The summed E-state index contributed by atoms with van der Waals surface area (Å²) in [6, 6.07) is 4.73. The van der Waals surface area contributed by atoms with Gasteiger partial charge in [-0.25, -0.2) is 4.39 Å². The number of rotatable bonds is 7. The van der Waals surface area contributed by atoms with Gasteiger partial charge < -0.3 is 15.4 Å². The van der Waals surface area contributed by atoms with Crippen LogP contribution in [-0.2, 0) is 11.3 Å². The molecular weight excluding hydrogens is 251 g/mol. The lowest BCUT2D eigenvalue weighted by Gasteiger charge is -2.17. The molecular formula is C13H19FN2OS. The third kappa shape index (κ3) is 4.68. The van der Waals surface area contributed by atoms with E-state index in [0.29, 0.717) is 29.3 Å². The van der Waals surface area contributed by atoms with Crippen molar-refractivity contribution < 1.29 is 9.13 Å². The average Bonchev–Trinajstić information content (AvgIpc) is 2.32. The van der Waals surface area contributed by atoms with Gasteiger partial charge in [-0.05, 0) is 31.7 Å². The molecule has 1 rings (SSSR count). The van der Waals surface area contributed by atoms with Crippen molar-refractivity contribution in [2.75, 3.05) is 27.3 Å². The Morgan fingerprint density at radius 3 is 2.83 bits per heavy atom. The van der Waals surface area contributed by atoms with Crippen molar-refractivity contribution >= 4 is 17.2 Å². The highest BCUT2D eigenvalue weighted by atomic mass is 32.1. The first-order valence-corrected chi connectivity index (χ1v) is 6.21. The molecule has 0 saturated carbocycles. The predicted molar refractivity (Wildman–Crippen MR) is 75.1 cm³/mol. The first kappa shape index (κ1) is 15.0. The molecule has 0 unspecified atom stereocenters. The van der Waals surface area contributed by atoms with Crippen LogP contribution < -0.4 is 5.73 Å². The molecule has 0 spiro atoms. The van der Waals surface area contributed by atoms with Crippen LogP contribution in [0, 0.1) is 5.82 Å². The molecule has 18 heavy (non-hydrogen) atoms. The number of nitrogens with two attached hydrogens (primary N) is 1. The zero-order valence-corrected chi connectivity index (χ0v) is 11.6. The maximum atomic E-state index is 13.6. The SMILES string of the molecule is COCCCN(C)Cc1cc(C(N)=S)ccc1F. The fraction of sp³-hybridized carbons (Fsp3) is 0.462. The number of hydrogen-bond acceptors (Lipinski definition) is 3. The standard InChI is InChI=1S/C13H19FN2OS/c1-16(6-3-7-17-2)9-11-8-10(13(15)18)4-5-12(11)14/h4-5,8H,3,6-7,9H2,1-2H3,(H2,15,18). The molecule has 0 fully saturated rings. The molecule has 1 aromatic carbocycles. The minimum atomic E-state index is -0.228. The zero-order chi connectivity index (χ0) is 13.5. The van der Waals surface area contributed by atoms with Gasteiger partial charge in [-0.15, -0.1) is 0 Å². The van der Waals surface area contributed by atoms with Crippen LogP contribution in [0.15, 0.2) is 18.2 Å². The van der Waals surface area contributed by atoms with Crippen molar-refractivity contribution in [3.63, 3.8) is 0 Å². The molecule has 0 aliphatic carbocycles. The van der Waals surface area contributed by atoms with Crippen molar-refractivity contribution in [2.45, 2.75) is 13.0 Å². The number of thiocarbonyl (C=S) groups is 1. The number of hydrogen-bond donors (Lipinski definition) is 1. The molecule has 0 aliphatic heterocycles. The molecule has 0 saturated heterocycles. The maximum Gasteiger partial charge on any atom is 0.127 e. The summed E-state index contributed by atoms with van der Waals surface area (Å²) >= 11 is 4.89. The molecule has 0 aliphatic rings. The molecule has 5 heteroatoms. The molecule has 0 heterocycles. The Morgan fingerprint density at radius 2 is 2.22 bits per heavy atom. The fourth-order valence-electron chi connectivity index (χ4n) is 1.70. The van der Waals surface area contributed by atoms with Crippen molar-refractivity contribution in [3.05, 3.63) is 35.1 Å². The second-order valence-corrected chi connectivity index (χ2v) is 4.69. The van der Waals surface area contributed by atoms with Gasteiger partial charge in [-0.2, -0.15) is 0 Å². The third-order valence-corrected chi connectivity index (χ3v) is 2.89. The molecule has 0 bridgehead atoms. The summed E-state index contributed by atoms with van der Waals surface area (Å²) in [7, 11) is 3.62. The molecule has 1 aromatic rings. The topological polar surface area (TPSA) is 38.5 Å². The van der Waals surface area contributed by atoms with E-state index in [1.165, 1.54) is 6.07 Å². The van der Waals surface area contributed by atoms with Gasteiger partial charge in [0, 0.05) is 37.9 Å². The van der Waals surface area contributed by atoms with Gasteiger partial charge in [0.25, 0.3) is 0 Å². The highest BCUT2D eigenvalue weighted by Crippen LogP contribution is 2.13. The Hall–Kier alpha value is -1.04. The Kier molecular flexibility index (Phi) is 6.18. The zero-order valence-electron chi connectivity index (χ0n) is 10.8. The van der Waals surface area contributed by atoms with E-state index in [4.69, 9.17) is 22.7 Å². The molecule has 0 atom stereocenters. The van der Waals surface area contributed by atoms with Crippen LogP contribution in [0.1, 0.15) is 17.5 Å². The largest absolute Gasteiger partial charge is 0.389 e. The summed E-state index contributed by atoms with van der Waals surface area (Å²) in [4.78, 5) is 2.33. The second-order valence-electron chi connectivity index (χ2n) is 4.25. The summed E-state index contributed by atoms with van der Waals surface area (Å²) in [5.74, 6) is -0.228. The molecule has 0 aromatic heterocycles. The average molecular weight is 270 g/mol. The van der Waals surface area contributed by atoms with E-state index in [-0.39, 0.29) is 5.82 Å². The van der Waals surface area contributed by atoms with Gasteiger partial charge in [0.05, 0.1) is 0 Å². The number of methoxy groups -OCH3 is 1. The van der Waals surface area contributed by atoms with Gasteiger partial charge in [0.2, 0.25) is 0 Å². The number of halogens is 1. The number of ether oxygens (including phenoxy) is 1. The van der Waals surface area contributed by atoms with E-state index >= 15 is 0 Å². The van der Waals surface area contributed by atoms with Crippen LogP contribution >= 0.6 is 12.2 Å². The summed E-state index contributed by atoms with van der Waals surface area (Å²) < 4.78 is 18.6. The van der Waals surface area contributed by atoms with Crippen LogP contribution in [0.2, 0.25) is 0 Å². The van der Waals surface area contributed by atoms with Crippen LogP contribution in [0.5, 0.6) is 0 Å². The van der Waals surface area contributed by atoms with E-state index in [1.807, 2.05) is 11.9 Å². The van der Waals surface area contributed by atoms with E-state index in [1.54, 1.807) is 19.2 Å². The predicted octanol–water partition coefficient (Wildman–Crippen LogP) is 1.93. The van der Waals surface area contributed by atoms with E-state index in [0.717, 1.165) is 13.0 Å². The molecule has 100 valence electrons. The first-order valence-electron chi connectivity index (χ1n) is 5.80. The summed E-state index contributed by atoms with van der Waals surface area (Å²) in [6.07, 6.45) is 0.920. The monoisotopic (exact) mass is 270 g/mol. The molecule has 0 radical (unpaired) electrons. The fourth-order valence-corrected chi connectivity index (χ4v) is 1.82. The molecule has 3 nitrogen and oxygen atoms in total. The van der Waals surface area contributed by atoms with Gasteiger partial charge in [0.1, 0.15) is 10.8 Å². The summed E-state index contributed by atoms with van der Waals surface area (Å²) in [5, 5.41) is 0. The van der Waals surface area contributed by atoms with Crippen LogP contribution in [0.4, 0.5) is 4.39 Å². The lowest BCUT2D eigenvalue weighted by molar-refractivity contribution is 0.178. The van der Waals surface area contributed by atoms with E-state index in [2.05, 4.69) is 0 Å². The van der Waals surface area contributed by atoms with Crippen molar-refractivity contribution in [2.24, 2.45) is 5.73 Å². The van der Waals surface area contributed by atoms with Crippen LogP contribution in [0.3, 0.4) is 0 Å². The number of nitrogens with zero attached hydrogens (tertiary/aromatic N) is 1. The minimum absolute atomic E-state index is 0.228. The second kappa shape index (κ2) is 7.41. The maximum absolute atomic E-state index is 13.6. The Labute approximate surface area is 113 Å². The smallest absolute Gasteiger partial charge is 0.127 e. The third-order valence-electron chi connectivity index (χ3n) is 2.66. The Bertz CT molecular complexity index is 412. The highest BCUT2D eigenvalue weighted by Gasteiger charge is 2.08. The van der Waals surface area contributed by atoms with Gasteiger partial charge in [0.15, 0.2) is 0 Å². The van der Waals surface area contributed by atoms with E-state index in [9.17, 15) is 4.39 Å². The van der Waals surface area contributed by atoms with Gasteiger partial charge in [-0.1, -0.05) is 12.2 Å². The van der Waals surface area contributed by atoms with E-state index < -0.39 is 0 Å². The highest BCUT2D eigenvalue weighted by molar-refractivity contribution is 7.80. The summed E-state index contributed by atoms with van der Waals surface area (Å²) in [5.41, 5.74) is 6.85. The lowest BCUT2D eigenvalue weighted by atomic mass is 10.1. The lowest BCUT2D eigenvalue weighted by Crippen LogP contribution is -2.21. The van der Waals surface area contributed by atoms with Crippen molar-refractivity contribution in [1.82, 2.24) is 4.90 Å². The van der Waals surface area contributed by atoms with Gasteiger partial charge in [-0.3, -0.25) is 0 Å². The van der Waals surface area contributed by atoms with Gasteiger partial charge >= 0.3 is 0 Å². The quantitative estimate of drug-likeness (QED) is 0.607. The molecule has 0 amide bonds.